The largest absolute Gasteiger partial charge is 0.278 e. The van der Waals surface area contributed by atoms with Gasteiger partial charge in [-0.2, -0.15) is 9.78 Å². The number of hydrogen-bond donors (Lipinski definition) is 0. The van der Waals surface area contributed by atoms with Crippen LogP contribution in [-0.2, 0) is 5.75 Å². The van der Waals surface area contributed by atoms with Gasteiger partial charge in [-0.15, -0.1) is 10.2 Å². The van der Waals surface area contributed by atoms with Crippen molar-refractivity contribution in [2.45, 2.75) is 17.8 Å². The highest BCUT2D eigenvalue weighted by atomic mass is 79.9. The van der Waals surface area contributed by atoms with Gasteiger partial charge >= 0.3 is 0 Å². The Morgan fingerprint density at radius 1 is 1.23 bits per heavy atom. The molecule has 3 rings (SSSR count). The molecule has 0 N–H and O–H groups in total. The minimum absolute atomic E-state index is 0.00560. The quantitative estimate of drug-likeness (QED) is 0.249. The zero-order chi connectivity index (χ0) is 18.5. The highest BCUT2D eigenvalue weighted by Crippen LogP contribution is 2.23. The number of thioether (sulfide) groups is 1. The third-order valence-electron chi connectivity index (χ3n) is 3.49. The van der Waals surface area contributed by atoms with Crippen LogP contribution in [0.15, 0.2) is 63.3 Å². The molecule has 9 heteroatoms. The second kappa shape index (κ2) is 8.24. The Balaban J connectivity index is 1.80. The highest BCUT2D eigenvalue weighted by Gasteiger charge is 2.12. The van der Waals surface area contributed by atoms with Crippen molar-refractivity contribution in [1.29, 1.82) is 0 Å². The summed E-state index contributed by atoms with van der Waals surface area (Å²) in [4.78, 5) is 10.7. The van der Waals surface area contributed by atoms with E-state index in [4.69, 9.17) is 0 Å². The van der Waals surface area contributed by atoms with Gasteiger partial charge in [0.15, 0.2) is 5.82 Å². The molecule has 0 saturated carbocycles. The molecule has 1 heterocycles. The zero-order valence-electron chi connectivity index (χ0n) is 13.7. The van der Waals surface area contributed by atoms with Gasteiger partial charge in [0.2, 0.25) is 5.16 Å². The first kappa shape index (κ1) is 18.3. The van der Waals surface area contributed by atoms with Gasteiger partial charge in [0, 0.05) is 16.3 Å². The lowest BCUT2D eigenvalue weighted by Crippen LogP contribution is -1.99. The molecule has 0 spiro atoms. The van der Waals surface area contributed by atoms with Crippen LogP contribution < -0.4 is 0 Å². The van der Waals surface area contributed by atoms with Gasteiger partial charge in [0.1, 0.15) is 0 Å². The van der Waals surface area contributed by atoms with Crippen molar-refractivity contribution >= 4 is 39.6 Å². The first-order chi connectivity index (χ1) is 12.5. The van der Waals surface area contributed by atoms with Crippen LogP contribution in [0.25, 0.3) is 0 Å². The fourth-order valence-corrected chi connectivity index (χ4v) is 3.33. The lowest BCUT2D eigenvalue weighted by atomic mass is 10.2. The number of para-hydroxylation sites is 1. The summed E-state index contributed by atoms with van der Waals surface area (Å²) in [5, 5.41) is 24.3. The molecule has 0 fully saturated rings. The maximum Gasteiger partial charge on any atom is 0.278 e. The van der Waals surface area contributed by atoms with E-state index in [1.807, 2.05) is 24.3 Å². The number of rotatable bonds is 6. The number of nitrogens with zero attached hydrogens (tertiary/aromatic N) is 5. The van der Waals surface area contributed by atoms with E-state index >= 15 is 0 Å². The summed E-state index contributed by atoms with van der Waals surface area (Å²) in [7, 11) is 0. The number of nitro groups is 1. The van der Waals surface area contributed by atoms with Crippen LogP contribution in [-0.4, -0.2) is 26.0 Å². The van der Waals surface area contributed by atoms with Crippen LogP contribution in [0.1, 0.15) is 17.0 Å². The normalized spacial score (nSPS) is 11.2. The Kier molecular flexibility index (Phi) is 5.79. The molecule has 0 saturated heterocycles. The van der Waals surface area contributed by atoms with Gasteiger partial charge in [0.05, 0.1) is 16.7 Å². The average molecular weight is 432 g/mol. The van der Waals surface area contributed by atoms with Gasteiger partial charge in [-0.05, 0) is 30.7 Å². The van der Waals surface area contributed by atoms with E-state index in [9.17, 15) is 10.1 Å². The molecule has 0 bridgehead atoms. The fourth-order valence-electron chi connectivity index (χ4n) is 2.17. The number of hydrogen-bond acceptors (Lipinski definition) is 6. The van der Waals surface area contributed by atoms with E-state index in [0.29, 0.717) is 22.3 Å². The van der Waals surface area contributed by atoms with Crippen molar-refractivity contribution < 1.29 is 4.92 Å². The van der Waals surface area contributed by atoms with Gasteiger partial charge in [-0.25, -0.2) is 0 Å². The van der Waals surface area contributed by atoms with E-state index in [0.717, 1.165) is 10.0 Å². The Bertz CT molecular complexity index is 956. The average Bonchev–Trinajstić information content (AvgIpc) is 2.99. The van der Waals surface area contributed by atoms with Crippen LogP contribution in [0.2, 0.25) is 0 Å². The third kappa shape index (κ3) is 4.36. The van der Waals surface area contributed by atoms with Gasteiger partial charge < -0.3 is 0 Å². The molecule has 0 aliphatic rings. The zero-order valence-corrected chi connectivity index (χ0v) is 16.1. The van der Waals surface area contributed by atoms with Crippen LogP contribution in [0.5, 0.6) is 0 Å². The van der Waals surface area contributed by atoms with Crippen molar-refractivity contribution in [3.05, 3.63) is 80.1 Å². The number of aromatic nitrogens is 3. The molecule has 2 aromatic carbocycles. The smallest absolute Gasteiger partial charge is 0.258 e. The van der Waals surface area contributed by atoms with Crippen molar-refractivity contribution in [3.63, 3.8) is 0 Å². The summed E-state index contributed by atoms with van der Waals surface area (Å²) in [6.07, 6.45) is 1.46. The summed E-state index contributed by atoms with van der Waals surface area (Å²) in [5.74, 6) is 1.32. The SMILES string of the molecule is Cc1nnc(SCc2ccc(Br)cc2)n1/N=C/c1ccccc1[N+](=O)[O-]. The maximum atomic E-state index is 11.1. The second-order valence-corrected chi connectivity index (χ2v) is 7.18. The minimum Gasteiger partial charge on any atom is -0.258 e. The molecule has 3 aromatic rings. The molecule has 1 aromatic heterocycles. The summed E-state index contributed by atoms with van der Waals surface area (Å²) >= 11 is 4.91. The number of halogens is 1. The molecule has 0 radical (unpaired) electrons. The second-order valence-electron chi connectivity index (χ2n) is 5.32. The monoisotopic (exact) mass is 431 g/mol. The molecule has 0 atom stereocenters. The standard InChI is InChI=1S/C17H14BrN5O2S/c1-12-20-21-17(26-11-13-6-8-15(18)9-7-13)22(12)19-10-14-4-2-3-5-16(14)23(24)25/h2-10H,11H2,1H3/b19-10+. The lowest BCUT2D eigenvalue weighted by molar-refractivity contribution is -0.385. The molecule has 132 valence electrons. The highest BCUT2D eigenvalue weighted by molar-refractivity contribution is 9.10. The van der Waals surface area contributed by atoms with Crippen LogP contribution in [0.4, 0.5) is 5.69 Å². The first-order valence-electron chi connectivity index (χ1n) is 7.61. The molecular formula is C17H14BrN5O2S. The van der Waals surface area contributed by atoms with E-state index in [-0.39, 0.29) is 5.69 Å². The van der Waals surface area contributed by atoms with Gasteiger partial charge in [-0.1, -0.05) is 52.0 Å². The third-order valence-corrected chi connectivity index (χ3v) is 5.01. The predicted octanol–water partition coefficient (Wildman–Crippen LogP) is 4.43. The molecule has 0 unspecified atom stereocenters. The van der Waals surface area contributed by atoms with Crippen molar-refractivity contribution in [1.82, 2.24) is 14.9 Å². The minimum atomic E-state index is -0.427. The Morgan fingerprint density at radius 2 is 1.96 bits per heavy atom. The van der Waals surface area contributed by atoms with Crippen molar-refractivity contribution in [3.8, 4) is 0 Å². The Labute approximate surface area is 162 Å². The number of benzene rings is 2. The maximum absolute atomic E-state index is 11.1. The summed E-state index contributed by atoms with van der Waals surface area (Å²) in [6.45, 7) is 1.79. The summed E-state index contributed by atoms with van der Waals surface area (Å²) < 4.78 is 2.61. The van der Waals surface area contributed by atoms with Crippen LogP contribution in [0, 0.1) is 17.0 Å². The van der Waals surface area contributed by atoms with Crippen LogP contribution in [0.3, 0.4) is 0 Å². The van der Waals surface area contributed by atoms with Gasteiger partial charge in [-0.3, -0.25) is 10.1 Å². The number of nitro benzene ring substituents is 1. The van der Waals surface area contributed by atoms with Crippen molar-refractivity contribution in [2.24, 2.45) is 5.10 Å². The van der Waals surface area contributed by atoms with E-state index in [1.54, 1.807) is 29.8 Å². The molecule has 0 aliphatic carbocycles. The molecule has 0 amide bonds. The molecule has 0 aliphatic heterocycles. The molecule has 26 heavy (non-hydrogen) atoms. The number of aryl methyl sites for hydroxylation is 1. The fraction of sp³-hybridized carbons (Fsp3) is 0.118. The van der Waals surface area contributed by atoms with E-state index < -0.39 is 4.92 Å². The van der Waals surface area contributed by atoms with E-state index in [1.165, 1.54) is 24.0 Å². The topological polar surface area (TPSA) is 86.2 Å². The van der Waals surface area contributed by atoms with E-state index in [2.05, 4.69) is 31.2 Å². The summed E-state index contributed by atoms with van der Waals surface area (Å²) in [5.41, 5.74) is 1.58. The molecule has 7 nitrogen and oxygen atoms in total. The lowest BCUT2D eigenvalue weighted by Gasteiger charge is -2.03. The summed E-state index contributed by atoms with van der Waals surface area (Å²) in [6, 6.07) is 14.5. The molecular weight excluding hydrogens is 418 g/mol. The Morgan fingerprint density at radius 3 is 2.69 bits per heavy atom. The predicted molar refractivity (Wildman–Crippen MR) is 105 cm³/mol. The van der Waals surface area contributed by atoms with Gasteiger partial charge in [0.25, 0.3) is 5.69 Å². The van der Waals surface area contributed by atoms with Crippen LogP contribution >= 0.6 is 27.7 Å². The van der Waals surface area contributed by atoms with Crippen molar-refractivity contribution in [2.75, 3.05) is 0 Å². The first-order valence-corrected chi connectivity index (χ1v) is 9.39. The Hall–Kier alpha value is -2.52.